The number of hydrogen-bond donors (Lipinski definition) is 1. The summed E-state index contributed by atoms with van der Waals surface area (Å²) in [5, 5.41) is 12.2. The standard InChI is InChI=1S/C16H20FN3O2/c1-16(2,3)22-15(21)20-7-6-19-10-14(20)11-4-5-13(17)12(8-11)9-18/h4-5,8,14,19H,6-7,10H2,1-3H3. The van der Waals surface area contributed by atoms with E-state index in [0.717, 1.165) is 5.56 Å². The molecule has 0 radical (unpaired) electrons. The number of benzene rings is 1. The fourth-order valence-electron chi connectivity index (χ4n) is 2.38. The number of ether oxygens (including phenoxy) is 1. The van der Waals surface area contributed by atoms with Gasteiger partial charge in [-0.25, -0.2) is 9.18 Å². The highest BCUT2D eigenvalue weighted by Crippen LogP contribution is 2.26. The number of nitrogens with zero attached hydrogens (tertiary/aromatic N) is 2. The van der Waals surface area contributed by atoms with Gasteiger partial charge in [-0.3, -0.25) is 4.90 Å². The van der Waals surface area contributed by atoms with E-state index in [-0.39, 0.29) is 11.6 Å². The third kappa shape index (κ3) is 3.74. The number of carbonyl (C=O) groups is 1. The molecule has 118 valence electrons. The average molecular weight is 305 g/mol. The van der Waals surface area contributed by atoms with Crippen LogP contribution in [0.4, 0.5) is 9.18 Å². The number of piperazine rings is 1. The van der Waals surface area contributed by atoms with Crippen LogP contribution in [0.15, 0.2) is 18.2 Å². The van der Waals surface area contributed by atoms with Crippen molar-refractivity contribution in [1.82, 2.24) is 10.2 Å². The summed E-state index contributed by atoms with van der Waals surface area (Å²) >= 11 is 0. The highest BCUT2D eigenvalue weighted by molar-refractivity contribution is 5.69. The first kappa shape index (κ1) is 16.2. The van der Waals surface area contributed by atoms with E-state index in [1.165, 1.54) is 12.1 Å². The quantitative estimate of drug-likeness (QED) is 0.866. The SMILES string of the molecule is CC(C)(C)OC(=O)N1CCNCC1c1ccc(F)c(C#N)c1. The lowest BCUT2D eigenvalue weighted by Crippen LogP contribution is -2.50. The van der Waals surface area contributed by atoms with Crippen LogP contribution in [0.1, 0.15) is 37.9 Å². The minimum atomic E-state index is -0.576. The largest absolute Gasteiger partial charge is 0.444 e. The predicted octanol–water partition coefficient (Wildman–Crippen LogP) is 2.58. The van der Waals surface area contributed by atoms with Gasteiger partial charge in [0.05, 0.1) is 11.6 Å². The molecule has 1 atom stereocenters. The van der Waals surface area contributed by atoms with Crippen molar-refractivity contribution >= 4 is 6.09 Å². The molecule has 0 bridgehead atoms. The Balaban J connectivity index is 2.27. The molecule has 1 fully saturated rings. The first-order chi connectivity index (χ1) is 10.3. The number of amides is 1. The summed E-state index contributed by atoms with van der Waals surface area (Å²) in [5.74, 6) is -0.557. The van der Waals surface area contributed by atoms with Crippen LogP contribution < -0.4 is 5.32 Å². The maximum Gasteiger partial charge on any atom is 0.410 e. The van der Waals surface area contributed by atoms with Gasteiger partial charge in [0.15, 0.2) is 0 Å². The highest BCUT2D eigenvalue weighted by atomic mass is 19.1. The molecule has 0 saturated carbocycles. The van der Waals surface area contributed by atoms with Crippen LogP contribution in [0, 0.1) is 17.1 Å². The van der Waals surface area contributed by atoms with Crippen LogP contribution in [0.5, 0.6) is 0 Å². The number of halogens is 1. The molecule has 1 heterocycles. The molecule has 1 aromatic carbocycles. The molecule has 1 amide bonds. The monoisotopic (exact) mass is 305 g/mol. The normalized spacial score (nSPS) is 18.7. The Bertz CT molecular complexity index is 604. The lowest BCUT2D eigenvalue weighted by Gasteiger charge is -2.37. The predicted molar refractivity (Wildman–Crippen MR) is 79.7 cm³/mol. The lowest BCUT2D eigenvalue weighted by atomic mass is 10.0. The van der Waals surface area contributed by atoms with Crippen LogP contribution in [-0.4, -0.2) is 36.2 Å². The Morgan fingerprint density at radius 1 is 1.50 bits per heavy atom. The van der Waals surface area contributed by atoms with Crippen LogP contribution in [0.3, 0.4) is 0 Å². The van der Waals surface area contributed by atoms with Gasteiger partial charge in [0.25, 0.3) is 0 Å². The van der Waals surface area contributed by atoms with Crippen molar-refractivity contribution in [3.63, 3.8) is 0 Å². The van der Waals surface area contributed by atoms with Gasteiger partial charge in [-0.05, 0) is 38.5 Å². The molecule has 1 N–H and O–H groups in total. The van der Waals surface area contributed by atoms with Gasteiger partial charge >= 0.3 is 6.09 Å². The van der Waals surface area contributed by atoms with Crippen molar-refractivity contribution in [2.45, 2.75) is 32.4 Å². The van der Waals surface area contributed by atoms with Gasteiger partial charge in [0.1, 0.15) is 17.5 Å². The molecule has 6 heteroatoms. The zero-order valence-electron chi connectivity index (χ0n) is 13.0. The third-order valence-electron chi connectivity index (χ3n) is 3.37. The van der Waals surface area contributed by atoms with E-state index in [1.54, 1.807) is 11.0 Å². The van der Waals surface area contributed by atoms with Crippen LogP contribution in [0.25, 0.3) is 0 Å². The second kappa shape index (κ2) is 6.32. The van der Waals surface area contributed by atoms with E-state index in [2.05, 4.69) is 5.32 Å². The van der Waals surface area contributed by atoms with E-state index in [0.29, 0.717) is 19.6 Å². The summed E-state index contributed by atoms with van der Waals surface area (Å²) in [4.78, 5) is 14.0. The van der Waals surface area contributed by atoms with Crippen LogP contribution in [-0.2, 0) is 4.74 Å². The average Bonchev–Trinajstić information content (AvgIpc) is 2.46. The summed E-state index contributed by atoms with van der Waals surface area (Å²) in [7, 11) is 0. The second-order valence-electron chi connectivity index (χ2n) is 6.24. The van der Waals surface area contributed by atoms with E-state index < -0.39 is 17.5 Å². The number of hydrogen-bond acceptors (Lipinski definition) is 4. The highest BCUT2D eigenvalue weighted by Gasteiger charge is 2.31. The minimum absolute atomic E-state index is 0.0211. The van der Waals surface area contributed by atoms with Crippen molar-refractivity contribution in [3.8, 4) is 6.07 Å². The summed E-state index contributed by atoms with van der Waals surface area (Å²) in [6.07, 6.45) is -0.401. The molecular weight excluding hydrogens is 285 g/mol. The molecule has 1 aliphatic rings. The van der Waals surface area contributed by atoms with Gasteiger partial charge in [-0.15, -0.1) is 0 Å². The van der Waals surface area contributed by atoms with Gasteiger partial charge in [-0.2, -0.15) is 5.26 Å². The van der Waals surface area contributed by atoms with E-state index >= 15 is 0 Å². The Hall–Kier alpha value is -2.13. The minimum Gasteiger partial charge on any atom is -0.444 e. The van der Waals surface area contributed by atoms with Crippen molar-refractivity contribution < 1.29 is 13.9 Å². The zero-order chi connectivity index (χ0) is 16.3. The number of rotatable bonds is 1. The Morgan fingerprint density at radius 2 is 2.23 bits per heavy atom. The molecule has 1 aliphatic heterocycles. The molecule has 5 nitrogen and oxygen atoms in total. The van der Waals surface area contributed by atoms with Crippen molar-refractivity contribution in [2.24, 2.45) is 0 Å². The summed E-state index contributed by atoms with van der Waals surface area (Å²) in [6, 6.07) is 5.90. The number of nitrogens with one attached hydrogen (secondary N) is 1. The van der Waals surface area contributed by atoms with Gasteiger partial charge in [-0.1, -0.05) is 6.07 Å². The molecule has 1 saturated heterocycles. The zero-order valence-corrected chi connectivity index (χ0v) is 13.0. The van der Waals surface area contributed by atoms with Gasteiger partial charge < -0.3 is 10.1 Å². The van der Waals surface area contributed by atoms with E-state index in [9.17, 15) is 9.18 Å². The van der Waals surface area contributed by atoms with Crippen LogP contribution >= 0.6 is 0 Å². The molecule has 0 aromatic heterocycles. The Kier molecular flexibility index (Phi) is 4.67. The number of carbonyl (C=O) groups excluding carboxylic acids is 1. The molecule has 1 aromatic rings. The summed E-state index contributed by atoms with van der Waals surface area (Å²) in [5.41, 5.74) is 0.121. The van der Waals surface area contributed by atoms with E-state index in [1.807, 2.05) is 26.8 Å². The smallest absolute Gasteiger partial charge is 0.410 e. The molecule has 0 aliphatic carbocycles. The maximum absolute atomic E-state index is 13.5. The van der Waals surface area contributed by atoms with E-state index in [4.69, 9.17) is 10.00 Å². The van der Waals surface area contributed by atoms with Crippen molar-refractivity contribution in [2.75, 3.05) is 19.6 Å². The molecular formula is C16H20FN3O2. The van der Waals surface area contributed by atoms with Crippen LogP contribution in [0.2, 0.25) is 0 Å². The first-order valence-corrected chi connectivity index (χ1v) is 7.22. The first-order valence-electron chi connectivity index (χ1n) is 7.22. The molecule has 22 heavy (non-hydrogen) atoms. The molecule has 2 rings (SSSR count). The second-order valence-corrected chi connectivity index (χ2v) is 6.24. The van der Waals surface area contributed by atoms with Crippen molar-refractivity contribution in [1.29, 1.82) is 5.26 Å². The number of nitriles is 1. The Morgan fingerprint density at radius 3 is 2.86 bits per heavy atom. The Labute approximate surface area is 129 Å². The van der Waals surface area contributed by atoms with Crippen molar-refractivity contribution in [3.05, 3.63) is 35.1 Å². The van der Waals surface area contributed by atoms with Gasteiger partial charge in [0.2, 0.25) is 0 Å². The summed E-state index contributed by atoms with van der Waals surface area (Å²) in [6.45, 7) is 7.14. The topological polar surface area (TPSA) is 65.4 Å². The fourth-order valence-corrected chi connectivity index (χ4v) is 2.38. The molecule has 0 spiro atoms. The lowest BCUT2D eigenvalue weighted by molar-refractivity contribution is 0.0118. The maximum atomic E-state index is 13.5. The third-order valence-corrected chi connectivity index (χ3v) is 3.37. The molecule has 1 unspecified atom stereocenters. The van der Waals surface area contributed by atoms with Gasteiger partial charge in [0, 0.05) is 19.6 Å². The summed E-state index contributed by atoms with van der Waals surface area (Å²) < 4.78 is 18.9. The fraction of sp³-hybridized carbons (Fsp3) is 0.500.